The normalized spacial score (nSPS) is 10.6. The van der Waals surface area contributed by atoms with E-state index in [9.17, 15) is 9.90 Å². The molecule has 5 nitrogen and oxygen atoms in total. The number of phenols is 1. The number of carbonyl (C=O) groups excluding carboxylic acids is 1. The first-order valence-corrected chi connectivity index (χ1v) is 6.83. The Hall–Kier alpha value is -0.130. The molecule has 0 heterocycles. The van der Waals surface area contributed by atoms with Crippen LogP contribution in [0.25, 0.3) is 0 Å². The fraction of sp³-hybridized carbons (Fsp3) is 0.300. The largest absolute Gasteiger partial charge is 0.506 e. The number of ether oxygens (including phenoxy) is 1. The lowest BCUT2D eigenvalue weighted by Crippen LogP contribution is -2.21. The van der Waals surface area contributed by atoms with E-state index >= 15 is 0 Å². The fourth-order valence-corrected chi connectivity index (χ4v) is 2.18. The molecule has 7 heteroatoms. The first-order chi connectivity index (χ1) is 7.93. The van der Waals surface area contributed by atoms with Gasteiger partial charge in [-0.15, -0.1) is 0 Å². The smallest absolute Gasteiger partial charge is 0.343 e. The van der Waals surface area contributed by atoms with E-state index in [1.54, 1.807) is 12.1 Å². The number of phenolic OH excluding ortho intramolecular Hbond substituents is 1. The molecular formula is C10H11I2NO4. The maximum absolute atomic E-state index is 11.7. The third-order valence-corrected chi connectivity index (χ3v) is 3.70. The van der Waals surface area contributed by atoms with Gasteiger partial charge in [0.15, 0.2) is 0 Å². The summed E-state index contributed by atoms with van der Waals surface area (Å²) in [6.07, 6.45) is 0. The number of carbonyl (C=O) groups is 1. The van der Waals surface area contributed by atoms with Gasteiger partial charge in [0.1, 0.15) is 17.9 Å². The molecule has 0 amide bonds. The first kappa shape index (κ1) is 14.9. The summed E-state index contributed by atoms with van der Waals surface area (Å²) in [5, 5.41) is 19.6. The van der Waals surface area contributed by atoms with Gasteiger partial charge >= 0.3 is 5.97 Å². The number of hydrogen-bond acceptors (Lipinski definition) is 5. The Morgan fingerprint density at radius 3 is 2.59 bits per heavy atom. The van der Waals surface area contributed by atoms with Gasteiger partial charge in [0.2, 0.25) is 0 Å². The van der Waals surface area contributed by atoms with E-state index in [-0.39, 0.29) is 24.5 Å². The summed E-state index contributed by atoms with van der Waals surface area (Å²) in [5.74, 6) is -0.660. The lowest BCUT2D eigenvalue weighted by atomic mass is 10.2. The van der Waals surface area contributed by atoms with Gasteiger partial charge in [0, 0.05) is 10.6 Å². The van der Waals surface area contributed by atoms with Crippen molar-refractivity contribution < 1.29 is 19.8 Å². The highest BCUT2D eigenvalue weighted by Gasteiger charge is 2.18. The van der Waals surface area contributed by atoms with Gasteiger partial charge in [-0.05, 0) is 57.3 Å². The van der Waals surface area contributed by atoms with Crippen LogP contribution in [-0.4, -0.2) is 41.5 Å². The average Bonchev–Trinajstić information content (AvgIpc) is 2.23. The Balaban J connectivity index is 2.79. The van der Waals surface area contributed by atoms with Crippen LogP contribution in [0.3, 0.4) is 0 Å². The zero-order chi connectivity index (χ0) is 13.0. The number of hydroxylamine groups is 2. The van der Waals surface area contributed by atoms with Crippen LogP contribution in [0, 0.1) is 7.14 Å². The highest BCUT2D eigenvalue weighted by Crippen LogP contribution is 2.28. The Morgan fingerprint density at radius 1 is 1.41 bits per heavy atom. The summed E-state index contributed by atoms with van der Waals surface area (Å²) in [6, 6.07) is 3.45. The van der Waals surface area contributed by atoms with Crippen LogP contribution < -0.4 is 0 Å². The molecular weight excluding hydrogens is 452 g/mol. The van der Waals surface area contributed by atoms with E-state index in [2.05, 4.69) is 0 Å². The molecule has 0 aliphatic carbocycles. The summed E-state index contributed by atoms with van der Waals surface area (Å²) in [7, 11) is 1.46. The number of hydrogen-bond donors (Lipinski definition) is 2. The molecule has 1 rings (SSSR count). The van der Waals surface area contributed by atoms with Gasteiger partial charge in [-0.2, -0.15) is 5.06 Å². The van der Waals surface area contributed by atoms with E-state index in [1.807, 2.05) is 45.2 Å². The molecule has 94 valence electrons. The minimum atomic E-state index is -0.590. The number of benzene rings is 1. The molecule has 0 aromatic heterocycles. The van der Waals surface area contributed by atoms with Crippen molar-refractivity contribution in [3.63, 3.8) is 0 Å². The summed E-state index contributed by atoms with van der Waals surface area (Å²) < 4.78 is 6.17. The zero-order valence-corrected chi connectivity index (χ0v) is 13.3. The lowest BCUT2D eigenvalue weighted by Gasteiger charge is -2.11. The molecule has 17 heavy (non-hydrogen) atoms. The number of nitrogens with zero attached hydrogens (tertiary/aromatic N) is 1. The van der Waals surface area contributed by atoms with Crippen molar-refractivity contribution in [2.24, 2.45) is 0 Å². The highest BCUT2D eigenvalue weighted by molar-refractivity contribution is 14.1. The molecule has 1 aromatic rings. The molecule has 0 bridgehead atoms. The van der Waals surface area contributed by atoms with Crippen molar-refractivity contribution >= 4 is 51.2 Å². The molecule has 0 radical (unpaired) electrons. The Kier molecular flexibility index (Phi) is 5.89. The predicted molar refractivity (Wildman–Crippen MR) is 78.2 cm³/mol. The van der Waals surface area contributed by atoms with Crippen LogP contribution in [0.4, 0.5) is 0 Å². The van der Waals surface area contributed by atoms with Gasteiger partial charge in [-0.25, -0.2) is 4.79 Å². The highest BCUT2D eigenvalue weighted by atomic mass is 127. The molecule has 0 saturated carbocycles. The van der Waals surface area contributed by atoms with Crippen LogP contribution in [-0.2, 0) is 4.74 Å². The molecule has 0 unspecified atom stereocenters. The van der Waals surface area contributed by atoms with Crippen LogP contribution in [0.2, 0.25) is 0 Å². The maximum atomic E-state index is 11.7. The number of rotatable bonds is 4. The van der Waals surface area contributed by atoms with E-state index in [0.717, 1.165) is 5.06 Å². The minimum absolute atomic E-state index is 0.0623. The van der Waals surface area contributed by atoms with Gasteiger partial charge in [0.25, 0.3) is 0 Å². The molecule has 1 aromatic carbocycles. The number of halogens is 2. The van der Waals surface area contributed by atoms with E-state index in [4.69, 9.17) is 9.94 Å². The quantitative estimate of drug-likeness (QED) is 0.407. The van der Waals surface area contributed by atoms with Crippen LogP contribution >= 0.6 is 45.2 Å². The van der Waals surface area contributed by atoms with Gasteiger partial charge < -0.3 is 15.1 Å². The monoisotopic (exact) mass is 463 g/mol. The van der Waals surface area contributed by atoms with Crippen molar-refractivity contribution in [1.82, 2.24) is 5.06 Å². The van der Waals surface area contributed by atoms with Crippen molar-refractivity contribution in [2.45, 2.75) is 0 Å². The molecule has 0 saturated heterocycles. The maximum Gasteiger partial charge on any atom is 0.343 e. The minimum Gasteiger partial charge on any atom is -0.506 e. The van der Waals surface area contributed by atoms with E-state index < -0.39 is 5.97 Å². The molecule has 0 aliphatic rings. The lowest BCUT2D eigenvalue weighted by molar-refractivity contribution is -0.0753. The van der Waals surface area contributed by atoms with Crippen molar-refractivity contribution in [3.8, 4) is 5.75 Å². The van der Waals surface area contributed by atoms with Crippen LogP contribution in [0.1, 0.15) is 10.4 Å². The zero-order valence-electron chi connectivity index (χ0n) is 8.98. The molecule has 0 fully saturated rings. The standard InChI is InChI=1S/C10H11I2NO4/c1-13(16)4-5-17-10(15)8-6(11)2-3-7(12)9(8)14/h2-3,14,16H,4-5H2,1H3. The Morgan fingerprint density at radius 2 is 2.00 bits per heavy atom. The molecule has 0 spiro atoms. The predicted octanol–water partition coefficient (Wildman–Crippen LogP) is 2.08. The second-order valence-corrected chi connectivity index (χ2v) is 5.59. The second kappa shape index (κ2) is 6.71. The van der Waals surface area contributed by atoms with Crippen molar-refractivity contribution in [1.29, 1.82) is 0 Å². The van der Waals surface area contributed by atoms with Gasteiger partial charge in [-0.1, -0.05) is 0 Å². The average molecular weight is 463 g/mol. The third kappa shape index (κ3) is 4.23. The number of likely N-dealkylation sites (N-methyl/N-ethyl adjacent to an activating group) is 1. The summed E-state index contributed by atoms with van der Waals surface area (Å²) in [6.45, 7) is 0.278. The Bertz CT molecular complexity index is 423. The topological polar surface area (TPSA) is 70.0 Å². The molecule has 0 atom stereocenters. The molecule has 2 N–H and O–H groups in total. The van der Waals surface area contributed by atoms with Crippen molar-refractivity contribution in [3.05, 3.63) is 24.8 Å². The van der Waals surface area contributed by atoms with Crippen LogP contribution in [0.15, 0.2) is 12.1 Å². The SMILES string of the molecule is CN(O)CCOC(=O)c1c(I)ccc(I)c1O. The fourth-order valence-electron chi connectivity index (χ4n) is 1.08. The van der Waals surface area contributed by atoms with Crippen LogP contribution in [0.5, 0.6) is 5.75 Å². The second-order valence-electron chi connectivity index (χ2n) is 3.27. The molecule has 0 aliphatic heterocycles. The summed E-state index contributed by atoms with van der Waals surface area (Å²) >= 11 is 3.90. The number of aromatic hydroxyl groups is 1. The van der Waals surface area contributed by atoms with Gasteiger partial charge in [0.05, 0.1) is 10.1 Å². The van der Waals surface area contributed by atoms with Gasteiger partial charge in [-0.3, -0.25) is 0 Å². The van der Waals surface area contributed by atoms with E-state index in [1.165, 1.54) is 7.05 Å². The van der Waals surface area contributed by atoms with E-state index in [0.29, 0.717) is 7.14 Å². The summed E-state index contributed by atoms with van der Waals surface area (Å²) in [4.78, 5) is 11.7. The first-order valence-electron chi connectivity index (χ1n) is 4.67. The third-order valence-electron chi connectivity index (χ3n) is 1.93. The summed E-state index contributed by atoms with van der Waals surface area (Å²) in [5.41, 5.74) is 0.165. The van der Waals surface area contributed by atoms with Crippen molar-refractivity contribution in [2.75, 3.05) is 20.2 Å². The number of esters is 1. The Labute approximate surface area is 126 Å².